The fourth-order valence-corrected chi connectivity index (χ4v) is 1.48. The van der Waals surface area contributed by atoms with Crippen LogP contribution >= 0.6 is 0 Å². The first-order valence-electron chi connectivity index (χ1n) is 5.30. The summed E-state index contributed by atoms with van der Waals surface area (Å²) in [5.41, 5.74) is 0.696. The minimum absolute atomic E-state index is 0.0235. The van der Waals surface area contributed by atoms with Crippen molar-refractivity contribution >= 4 is 0 Å². The van der Waals surface area contributed by atoms with Gasteiger partial charge in [-0.1, -0.05) is 30.3 Å². The van der Waals surface area contributed by atoms with Crippen molar-refractivity contribution in [1.29, 1.82) is 5.26 Å². The van der Waals surface area contributed by atoms with Gasteiger partial charge in [0.25, 0.3) is 0 Å². The molecule has 0 fully saturated rings. The highest BCUT2D eigenvalue weighted by molar-refractivity contribution is 5.46. The third-order valence-corrected chi connectivity index (χ3v) is 2.41. The van der Waals surface area contributed by atoms with Crippen LogP contribution in [0.15, 0.2) is 42.5 Å². The zero-order valence-electron chi connectivity index (χ0n) is 9.43. The third-order valence-electron chi connectivity index (χ3n) is 2.41. The van der Waals surface area contributed by atoms with Gasteiger partial charge in [-0.25, -0.2) is 4.39 Å². The summed E-state index contributed by atoms with van der Waals surface area (Å²) in [5.74, 6) is -0.933. The van der Waals surface area contributed by atoms with Gasteiger partial charge >= 0.3 is 0 Å². The van der Waals surface area contributed by atoms with Gasteiger partial charge in [-0.05, 0) is 5.56 Å². The maximum Gasteiger partial charge on any atom is 0.164 e. The predicted octanol–water partition coefficient (Wildman–Crippen LogP) is 2.98. The number of ether oxygens (including phenoxy) is 1. The number of rotatable bonds is 3. The normalized spacial score (nSPS) is 9.78. The van der Waals surface area contributed by atoms with Crippen molar-refractivity contribution in [3.05, 3.63) is 59.4 Å². The van der Waals surface area contributed by atoms with Crippen LogP contribution < -0.4 is 4.74 Å². The molecular formula is C14H10FNO2. The smallest absolute Gasteiger partial charge is 0.164 e. The molecule has 1 N–H and O–H groups in total. The highest BCUT2D eigenvalue weighted by Crippen LogP contribution is 2.29. The average molecular weight is 243 g/mol. The quantitative estimate of drug-likeness (QED) is 0.901. The van der Waals surface area contributed by atoms with Crippen molar-refractivity contribution < 1.29 is 14.2 Å². The lowest BCUT2D eigenvalue weighted by Crippen LogP contribution is -1.96. The maximum absolute atomic E-state index is 13.3. The molecule has 2 aromatic carbocycles. The van der Waals surface area contributed by atoms with Crippen molar-refractivity contribution in [1.82, 2.24) is 0 Å². The number of aromatic hydroxyl groups is 1. The Bertz CT molecular complexity index is 591. The van der Waals surface area contributed by atoms with Gasteiger partial charge < -0.3 is 9.84 Å². The molecule has 0 spiro atoms. The first kappa shape index (κ1) is 11.9. The van der Waals surface area contributed by atoms with E-state index in [4.69, 9.17) is 10.00 Å². The standard InChI is InChI=1S/C14H10FNO2/c15-12-7-14(13(17)6-11(12)8-16)18-9-10-4-2-1-3-5-10/h1-7,17H,9H2. The molecule has 0 aliphatic carbocycles. The van der Waals surface area contributed by atoms with Crippen LogP contribution in [0, 0.1) is 17.1 Å². The molecule has 0 unspecified atom stereocenters. The first-order chi connectivity index (χ1) is 8.70. The molecule has 3 nitrogen and oxygen atoms in total. The molecule has 90 valence electrons. The van der Waals surface area contributed by atoms with Crippen LogP contribution in [0.3, 0.4) is 0 Å². The lowest BCUT2D eigenvalue weighted by molar-refractivity contribution is 0.287. The van der Waals surface area contributed by atoms with E-state index in [0.29, 0.717) is 0 Å². The van der Waals surface area contributed by atoms with Crippen LogP contribution in [0.4, 0.5) is 4.39 Å². The topological polar surface area (TPSA) is 53.2 Å². The number of halogens is 1. The second-order valence-electron chi connectivity index (χ2n) is 3.69. The summed E-state index contributed by atoms with van der Waals surface area (Å²) >= 11 is 0. The molecule has 0 saturated carbocycles. The third kappa shape index (κ3) is 2.58. The molecule has 0 aliphatic heterocycles. The van der Waals surface area contributed by atoms with Crippen molar-refractivity contribution in [2.45, 2.75) is 6.61 Å². The maximum atomic E-state index is 13.3. The zero-order chi connectivity index (χ0) is 13.0. The summed E-state index contributed by atoms with van der Waals surface area (Å²) in [6.07, 6.45) is 0. The van der Waals surface area contributed by atoms with Crippen LogP contribution in [0.1, 0.15) is 11.1 Å². The number of nitrogens with zero attached hydrogens (tertiary/aromatic N) is 1. The van der Waals surface area contributed by atoms with Crippen LogP contribution in [0.2, 0.25) is 0 Å². The highest BCUT2D eigenvalue weighted by atomic mass is 19.1. The Morgan fingerprint density at radius 1 is 1.22 bits per heavy atom. The van der Waals surface area contributed by atoms with Crippen molar-refractivity contribution in [2.24, 2.45) is 0 Å². The number of hydrogen-bond acceptors (Lipinski definition) is 3. The summed E-state index contributed by atoms with van der Waals surface area (Å²) in [6, 6.07) is 13.0. The van der Waals surface area contributed by atoms with Gasteiger partial charge in [0.2, 0.25) is 0 Å². The molecule has 0 heterocycles. The van der Waals surface area contributed by atoms with Gasteiger partial charge in [0, 0.05) is 12.1 Å². The van der Waals surface area contributed by atoms with Crippen LogP contribution in [0.5, 0.6) is 11.5 Å². The Balaban J connectivity index is 2.16. The number of phenols is 1. The van der Waals surface area contributed by atoms with Gasteiger partial charge in [0.05, 0.1) is 5.56 Å². The van der Waals surface area contributed by atoms with E-state index < -0.39 is 5.82 Å². The molecule has 2 rings (SSSR count). The van der Waals surface area contributed by atoms with E-state index in [9.17, 15) is 9.50 Å². The molecule has 18 heavy (non-hydrogen) atoms. The Hall–Kier alpha value is -2.54. The van der Waals surface area contributed by atoms with Gasteiger partial charge in [-0.15, -0.1) is 0 Å². The zero-order valence-corrected chi connectivity index (χ0v) is 9.43. The minimum atomic E-state index is -0.710. The molecule has 0 amide bonds. The SMILES string of the molecule is N#Cc1cc(O)c(OCc2ccccc2)cc1F. The largest absolute Gasteiger partial charge is 0.504 e. The van der Waals surface area contributed by atoms with Crippen LogP contribution in [-0.4, -0.2) is 5.11 Å². The van der Waals surface area contributed by atoms with Crippen molar-refractivity contribution in [2.75, 3.05) is 0 Å². The van der Waals surface area contributed by atoms with E-state index in [1.54, 1.807) is 6.07 Å². The summed E-state index contributed by atoms with van der Waals surface area (Å²) in [7, 11) is 0. The fourth-order valence-electron chi connectivity index (χ4n) is 1.48. The molecule has 0 aliphatic rings. The molecule has 4 heteroatoms. The minimum Gasteiger partial charge on any atom is -0.504 e. The van der Waals surface area contributed by atoms with E-state index in [1.165, 1.54) is 0 Å². The average Bonchev–Trinajstić information content (AvgIpc) is 2.40. The number of nitriles is 1. The monoisotopic (exact) mass is 243 g/mol. The van der Waals surface area contributed by atoms with E-state index in [-0.39, 0.29) is 23.7 Å². The number of hydrogen-bond donors (Lipinski definition) is 1. The fraction of sp³-hybridized carbons (Fsp3) is 0.0714. The van der Waals surface area contributed by atoms with Gasteiger partial charge in [0.15, 0.2) is 11.5 Å². The summed E-state index contributed by atoms with van der Waals surface area (Å²) in [5, 5.41) is 18.2. The van der Waals surface area contributed by atoms with Crippen LogP contribution in [-0.2, 0) is 6.61 Å². The van der Waals surface area contributed by atoms with Gasteiger partial charge in [-0.2, -0.15) is 5.26 Å². The number of phenolic OH excluding ortho intramolecular Hbond substituents is 1. The van der Waals surface area contributed by atoms with Gasteiger partial charge in [-0.3, -0.25) is 0 Å². The Morgan fingerprint density at radius 2 is 1.94 bits per heavy atom. The molecule has 0 saturated heterocycles. The molecule has 2 aromatic rings. The van der Waals surface area contributed by atoms with E-state index in [0.717, 1.165) is 17.7 Å². The summed E-state index contributed by atoms with van der Waals surface area (Å²) < 4.78 is 18.6. The second-order valence-corrected chi connectivity index (χ2v) is 3.69. The van der Waals surface area contributed by atoms with E-state index in [2.05, 4.69) is 0 Å². The lowest BCUT2D eigenvalue weighted by Gasteiger charge is -2.08. The lowest BCUT2D eigenvalue weighted by atomic mass is 10.2. The number of benzene rings is 2. The molecule has 0 aromatic heterocycles. The summed E-state index contributed by atoms with van der Waals surface area (Å²) in [6.45, 7) is 0.222. The van der Waals surface area contributed by atoms with Gasteiger partial charge in [0.1, 0.15) is 18.5 Å². The molecule has 0 atom stereocenters. The van der Waals surface area contributed by atoms with Crippen molar-refractivity contribution in [3.63, 3.8) is 0 Å². The molecule has 0 radical (unpaired) electrons. The Kier molecular flexibility index (Phi) is 3.44. The second kappa shape index (κ2) is 5.19. The highest BCUT2D eigenvalue weighted by Gasteiger charge is 2.10. The first-order valence-corrected chi connectivity index (χ1v) is 5.30. The van der Waals surface area contributed by atoms with Crippen molar-refractivity contribution in [3.8, 4) is 17.6 Å². The predicted molar refractivity (Wildman–Crippen MR) is 63.6 cm³/mol. The Labute approximate surface area is 104 Å². The van der Waals surface area contributed by atoms with E-state index >= 15 is 0 Å². The van der Waals surface area contributed by atoms with Crippen LogP contribution in [0.25, 0.3) is 0 Å². The molecular weight excluding hydrogens is 233 g/mol. The van der Waals surface area contributed by atoms with E-state index in [1.807, 2.05) is 30.3 Å². The molecule has 0 bridgehead atoms. The summed E-state index contributed by atoms with van der Waals surface area (Å²) in [4.78, 5) is 0. The Morgan fingerprint density at radius 3 is 2.61 bits per heavy atom.